The quantitative estimate of drug-likeness (QED) is 0.418. The summed E-state index contributed by atoms with van der Waals surface area (Å²) in [6.07, 6.45) is 2.02. The number of amides is 1. The molecule has 7 heteroatoms. The molecule has 0 aliphatic carbocycles. The number of nitrogens with one attached hydrogen (secondary N) is 2. The zero-order valence-corrected chi connectivity index (χ0v) is 17.7. The maximum Gasteiger partial charge on any atom is 0.257 e. The Labute approximate surface area is 177 Å². The molecule has 0 saturated heterocycles. The third kappa shape index (κ3) is 8.09. The van der Waals surface area contributed by atoms with Crippen LogP contribution < -0.4 is 20.1 Å². The molecule has 0 radical (unpaired) electrons. The van der Waals surface area contributed by atoms with E-state index >= 15 is 0 Å². The summed E-state index contributed by atoms with van der Waals surface area (Å²) in [5.74, 6) is 0.992. The van der Waals surface area contributed by atoms with Gasteiger partial charge in [-0.3, -0.25) is 10.1 Å². The predicted molar refractivity (Wildman–Crippen MR) is 119 cm³/mol. The zero-order chi connectivity index (χ0) is 20.9. The Balaban J connectivity index is 1.92. The van der Waals surface area contributed by atoms with Crippen molar-refractivity contribution in [1.82, 2.24) is 5.32 Å². The van der Waals surface area contributed by atoms with Crippen LogP contribution in [-0.2, 0) is 4.74 Å². The smallest absolute Gasteiger partial charge is 0.257 e. The molecule has 0 spiro atoms. The Morgan fingerprint density at radius 2 is 1.83 bits per heavy atom. The summed E-state index contributed by atoms with van der Waals surface area (Å²) >= 11 is 5.29. The number of carbonyl (C=O) groups excluding carboxylic acids is 1. The van der Waals surface area contributed by atoms with Gasteiger partial charge in [0.1, 0.15) is 18.1 Å². The molecule has 2 N–H and O–H groups in total. The molecule has 1 amide bonds. The van der Waals surface area contributed by atoms with Gasteiger partial charge < -0.3 is 19.5 Å². The second kappa shape index (κ2) is 12.7. The lowest BCUT2D eigenvalue weighted by molar-refractivity contribution is 0.0977. The van der Waals surface area contributed by atoms with Crippen LogP contribution in [0.15, 0.2) is 48.5 Å². The number of hydrogen-bond donors (Lipinski definition) is 2. The lowest BCUT2D eigenvalue weighted by Crippen LogP contribution is -2.34. The van der Waals surface area contributed by atoms with Gasteiger partial charge in [-0.15, -0.1) is 0 Å². The first-order valence-corrected chi connectivity index (χ1v) is 10.2. The van der Waals surface area contributed by atoms with Crippen molar-refractivity contribution in [3.05, 3.63) is 54.1 Å². The molecule has 2 aromatic rings. The topological polar surface area (TPSA) is 68.8 Å². The van der Waals surface area contributed by atoms with E-state index in [4.69, 9.17) is 26.4 Å². The van der Waals surface area contributed by atoms with Crippen molar-refractivity contribution < 1.29 is 19.0 Å². The second-order valence-corrected chi connectivity index (χ2v) is 6.59. The molecule has 6 nitrogen and oxygen atoms in total. The van der Waals surface area contributed by atoms with Crippen LogP contribution in [0.1, 0.15) is 37.0 Å². The number of unbranched alkanes of at least 4 members (excludes halogenated alkanes) is 1. The molecule has 0 fully saturated rings. The molecule has 0 aliphatic heterocycles. The van der Waals surface area contributed by atoms with Crippen LogP contribution in [0.3, 0.4) is 0 Å². The molecule has 2 rings (SSSR count). The Hall–Kier alpha value is -2.64. The maximum atomic E-state index is 12.5. The van der Waals surface area contributed by atoms with E-state index < -0.39 is 0 Å². The normalized spacial score (nSPS) is 10.3. The van der Waals surface area contributed by atoms with E-state index in [0.29, 0.717) is 49.2 Å². The Morgan fingerprint density at radius 3 is 2.62 bits per heavy atom. The van der Waals surface area contributed by atoms with Gasteiger partial charge in [-0.25, -0.2) is 0 Å². The summed E-state index contributed by atoms with van der Waals surface area (Å²) in [6, 6.07) is 14.4. The SMILES string of the molecule is CCCCOc1cccc(C(=O)NC(=S)Nc2ccccc2OCCOCC)c1. The van der Waals surface area contributed by atoms with E-state index in [1.54, 1.807) is 18.2 Å². The van der Waals surface area contributed by atoms with Gasteiger partial charge in [-0.05, 0) is 55.9 Å². The molecular weight excluding hydrogens is 388 g/mol. The van der Waals surface area contributed by atoms with Crippen LogP contribution in [0.4, 0.5) is 5.69 Å². The maximum absolute atomic E-state index is 12.5. The molecule has 0 aromatic heterocycles. The van der Waals surface area contributed by atoms with E-state index in [9.17, 15) is 4.79 Å². The zero-order valence-electron chi connectivity index (χ0n) is 16.9. The summed E-state index contributed by atoms with van der Waals surface area (Å²) in [5, 5.41) is 5.89. The fourth-order valence-corrected chi connectivity index (χ4v) is 2.64. The number of anilines is 1. The average molecular weight is 417 g/mol. The number of thiocarbonyl (C=S) groups is 1. The molecule has 0 bridgehead atoms. The largest absolute Gasteiger partial charge is 0.494 e. The van der Waals surface area contributed by atoms with Gasteiger partial charge in [0, 0.05) is 12.2 Å². The number of ether oxygens (including phenoxy) is 3. The van der Waals surface area contributed by atoms with Crippen molar-refractivity contribution in [1.29, 1.82) is 0 Å². The minimum absolute atomic E-state index is 0.188. The van der Waals surface area contributed by atoms with Gasteiger partial charge in [0.05, 0.1) is 18.9 Å². The monoisotopic (exact) mass is 416 g/mol. The summed E-state index contributed by atoms with van der Waals surface area (Å²) in [7, 11) is 0. The summed E-state index contributed by atoms with van der Waals surface area (Å²) in [6.45, 7) is 6.23. The van der Waals surface area contributed by atoms with Crippen LogP contribution in [0.25, 0.3) is 0 Å². The Bertz CT molecular complexity index is 798. The third-order valence-electron chi connectivity index (χ3n) is 3.91. The van der Waals surface area contributed by atoms with Crippen LogP contribution in [0.5, 0.6) is 11.5 Å². The standard InChI is InChI=1S/C22H28N2O4S/c1-3-5-13-27-18-10-8-9-17(16-18)21(25)24-22(29)23-19-11-6-7-12-20(19)28-15-14-26-4-2/h6-12,16H,3-5,13-15H2,1-2H3,(H2,23,24,25,29). The van der Waals surface area contributed by atoms with E-state index in [-0.39, 0.29) is 11.0 Å². The van der Waals surface area contributed by atoms with Crippen LogP contribution in [-0.4, -0.2) is 37.4 Å². The van der Waals surface area contributed by atoms with Crippen molar-refractivity contribution in [3.63, 3.8) is 0 Å². The van der Waals surface area contributed by atoms with Crippen LogP contribution in [0.2, 0.25) is 0 Å². The Morgan fingerprint density at radius 1 is 1.00 bits per heavy atom. The highest BCUT2D eigenvalue weighted by atomic mass is 32.1. The highest BCUT2D eigenvalue weighted by Crippen LogP contribution is 2.23. The summed E-state index contributed by atoms with van der Waals surface area (Å²) in [4.78, 5) is 12.5. The summed E-state index contributed by atoms with van der Waals surface area (Å²) in [5.41, 5.74) is 1.15. The van der Waals surface area contributed by atoms with Crippen molar-refractivity contribution in [2.45, 2.75) is 26.7 Å². The molecule has 0 heterocycles. The van der Waals surface area contributed by atoms with E-state index in [0.717, 1.165) is 12.8 Å². The molecular formula is C22H28N2O4S. The van der Waals surface area contributed by atoms with Crippen molar-refractivity contribution in [2.24, 2.45) is 0 Å². The van der Waals surface area contributed by atoms with E-state index in [2.05, 4.69) is 17.6 Å². The molecule has 156 valence electrons. The summed E-state index contributed by atoms with van der Waals surface area (Å²) < 4.78 is 16.6. The lowest BCUT2D eigenvalue weighted by atomic mass is 10.2. The Kier molecular flexibility index (Phi) is 9.95. The van der Waals surface area contributed by atoms with Gasteiger partial charge in [0.15, 0.2) is 5.11 Å². The lowest BCUT2D eigenvalue weighted by Gasteiger charge is -2.14. The van der Waals surface area contributed by atoms with E-state index in [1.807, 2.05) is 37.3 Å². The van der Waals surface area contributed by atoms with Gasteiger partial charge in [-0.2, -0.15) is 0 Å². The molecule has 0 saturated carbocycles. The number of hydrogen-bond acceptors (Lipinski definition) is 5. The number of carbonyl (C=O) groups is 1. The first kappa shape index (κ1) is 22.6. The number of para-hydroxylation sites is 2. The van der Waals surface area contributed by atoms with Crippen LogP contribution in [0, 0.1) is 0 Å². The average Bonchev–Trinajstić information content (AvgIpc) is 2.72. The number of benzene rings is 2. The predicted octanol–water partition coefficient (Wildman–Crippen LogP) is 4.41. The molecule has 0 unspecified atom stereocenters. The highest BCUT2D eigenvalue weighted by Gasteiger charge is 2.11. The van der Waals surface area contributed by atoms with Crippen LogP contribution >= 0.6 is 12.2 Å². The minimum Gasteiger partial charge on any atom is -0.494 e. The van der Waals surface area contributed by atoms with Crippen molar-refractivity contribution in [3.8, 4) is 11.5 Å². The van der Waals surface area contributed by atoms with Gasteiger partial charge in [0.2, 0.25) is 0 Å². The first-order chi connectivity index (χ1) is 14.1. The first-order valence-electron chi connectivity index (χ1n) is 9.78. The van der Waals surface area contributed by atoms with Crippen molar-refractivity contribution >= 4 is 28.9 Å². The fraction of sp³-hybridized carbons (Fsp3) is 0.364. The molecule has 0 atom stereocenters. The van der Waals surface area contributed by atoms with Crippen molar-refractivity contribution in [2.75, 3.05) is 31.7 Å². The number of rotatable bonds is 11. The van der Waals surface area contributed by atoms with Gasteiger partial charge >= 0.3 is 0 Å². The molecule has 2 aromatic carbocycles. The van der Waals surface area contributed by atoms with E-state index in [1.165, 1.54) is 0 Å². The minimum atomic E-state index is -0.307. The van der Waals surface area contributed by atoms with Gasteiger partial charge in [0.25, 0.3) is 5.91 Å². The van der Waals surface area contributed by atoms with Gasteiger partial charge in [-0.1, -0.05) is 31.5 Å². The highest BCUT2D eigenvalue weighted by molar-refractivity contribution is 7.80. The molecule has 0 aliphatic rings. The molecule has 29 heavy (non-hydrogen) atoms. The second-order valence-electron chi connectivity index (χ2n) is 6.18. The third-order valence-corrected chi connectivity index (χ3v) is 4.12. The fourth-order valence-electron chi connectivity index (χ4n) is 2.44.